The molecule has 0 atom stereocenters. The molecule has 1 nitrogen and oxygen atoms in total. The third-order valence-electron chi connectivity index (χ3n) is 6.63. The minimum atomic E-state index is -4.49. The molecule has 1 aliphatic rings. The van der Waals surface area contributed by atoms with Crippen LogP contribution >= 0.6 is 0 Å². The molecule has 2 aromatic carbocycles. The molecular formula is C26H34F4OSi. The molecule has 2 aromatic rings. The van der Waals surface area contributed by atoms with Gasteiger partial charge < -0.3 is 4.74 Å². The molecule has 0 aromatic heterocycles. The van der Waals surface area contributed by atoms with Crippen LogP contribution in [0.2, 0.25) is 18.1 Å². The van der Waals surface area contributed by atoms with Gasteiger partial charge in [-0.25, -0.2) is 4.39 Å². The number of halogens is 4. The van der Waals surface area contributed by atoms with E-state index in [1.165, 1.54) is 74.4 Å². The fourth-order valence-corrected chi connectivity index (χ4v) is 8.30. The van der Waals surface area contributed by atoms with Crippen molar-refractivity contribution in [3.8, 4) is 16.9 Å². The molecule has 0 bridgehead atoms. The van der Waals surface area contributed by atoms with Crippen molar-refractivity contribution in [3.63, 3.8) is 0 Å². The molecule has 1 heterocycles. The summed E-state index contributed by atoms with van der Waals surface area (Å²) in [4.78, 5) is 0. The van der Waals surface area contributed by atoms with Gasteiger partial charge in [-0.05, 0) is 47.6 Å². The summed E-state index contributed by atoms with van der Waals surface area (Å²) < 4.78 is 55.5. The Balaban J connectivity index is 1.47. The molecule has 1 fully saturated rings. The van der Waals surface area contributed by atoms with E-state index in [4.69, 9.17) is 0 Å². The van der Waals surface area contributed by atoms with Gasteiger partial charge in [0, 0.05) is 8.80 Å². The number of alkyl halides is 3. The van der Waals surface area contributed by atoms with Gasteiger partial charge in [0.05, 0.1) is 0 Å². The highest BCUT2D eigenvalue weighted by Crippen LogP contribution is 2.32. The molecule has 3 rings (SSSR count). The zero-order valence-electron chi connectivity index (χ0n) is 18.9. The van der Waals surface area contributed by atoms with E-state index in [1.54, 1.807) is 6.07 Å². The zero-order chi connectivity index (χ0) is 23.0. The third kappa shape index (κ3) is 7.95. The fourth-order valence-electron chi connectivity index (χ4n) is 4.68. The van der Waals surface area contributed by atoms with Gasteiger partial charge in [0.25, 0.3) is 0 Å². The quantitative estimate of drug-likeness (QED) is 0.195. The lowest BCUT2D eigenvalue weighted by atomic mass is 9.93. The summed E-state index contributed by atoms with van der Waals surface area (Å²) in [7, 11) is -0.453. The van der Waals surface area contributed by atoms with Crippen LogP contribution in [0.25, 0.3) is 11.1 Å². The number of hydrogen-bond acceptors (Lipinski definition) is 1. The van der Waals surface area contributed by atoms with E-state index in [1.807, 2.05) is 12.1 Å². The zero-order valence-corrected chi connectivity index (χ0v) is 20.0. The minimum absolute atomic E-state index is 0.383. The lowest BCUT2D eigenvalue weighted by molar-refractivity contribution is -0.153. The van der Waals surface area contributed by atoms with Crippen molar-refractivity contribution in [2.45, 2.75) is 76.2 Å². The predicted molar refractivity (Wildman–Crippen MR) is 126 cm³/mol. The maximum atomic E-state index is 14.1. The van der Waals surface area contributed by atoms with Crippen LogP contribution in [0.1, 0.15) is 51.0 Å². The van der Waals surface area contributed by atoms with Gasteiger partial charge in [-0.1, -0.05) is 87.5 Å². The Bertz CT molecular complexity index is 827. The highest BCUT2D eigenvalue weighted by Gasteiger charge is 2.29. The number of unbranched alkanes of at least 4 members (excludes halogenated alkanes) is 2. The molecule has 176 valence electrons. The fraction of sp³-hybridized carbons (Fsp3) is 0.538. The van der Waals surface area contributed by atoms with Gasteiger partial charge >= 0.3 is 6.18 Å². The van der Waals surface area contributed by atoms with Gasteiger partial charge in [0.1, 0.15) is 0 Å². The Morgan fingerprint density at radius 3 is 2.28 bits per heavy atom. The van der Waals surface area contributed by atoms with E-state index in [2.05, 4.69) is 23.8 Å². The largest absolute Gasteiger partial charge is 0.481 e. The van der Waals surface area contributed by atoms with Gasteiger partial charge in [-0.2, -0.15) is 13.2 Å². The monoisotopic (exact) mass is 466 g/mol. The Hall–Kier alpha value is -1.82. The number of hydrogen-bond donors (Lipinski definition) is 0. The van der Waals surface area contributed by atoms with E-state index in [-0.39, 0.29) is 5.75 Å². The molecular weight excluding hydrogens is 432 g/mol. The summed E-state index contributed by atoms with van der Waals surface area (Å²) in [5, 5.41) is 0. The molecule has 32 heavy (non-hydrogen) atoms. The van der Waals surface area contributed by atoms with Crippen LogP contribution in [0.5, 0.6) is 5.75 Å². The van der Waals surface area contributed by atoms with Gasteiger partial charge in [0.15, 0.2) is 18.2 Å². The Morgan fingerprint density at radius 2 is 1.66 bits per heavy atom. The summed E-state index contributed by atoms with van der Waals surface area (Å²) in [6, 6.07) is 16.7. The van der Waals surface area contributed by atoms with E-state index in [9.17, 15) is 17.6 Å². The molecule has 0 unspecified atom stereocenters. The minimum Gasteiger partial charge on any atom is -0.481 e. The highest BCUT2D eigenvalue weighted by atomic mass is 28.3. The molecule has 0 spiro atoms. The molecule has 6 heteroatoms. The first-order valence-electron chi connectivity index (χ1n) is 11.9. The summed E-state index contributed by atoms with van der Waals surface area (Å²) in [6.07, 6.45) is 4.77. The molecule has 0 aliphatic carbocycles. The summed E-state index contributed by atoms with van der Waals surface area (Å²) in [5.74, 6) is -0.321. The second kappa shape index (κ2) is 11.9. The van der Waals surface area contributed by atoms with E-state index < -0.39 is 27.4 Å². The van der Waals surface area contributed by atoms with Crippen molar-refractivity contribution >= 4 is 8.80 Å². The molecule has 1 aliphatic heterocycles. The maximum Gasteiger partial charge on any atom is 0.422 e. The molecule has 1 saturated heterocycles. The van der Waals surface area contributed by atoms with E-state index in [0.29, 0.717) is 5.56 Å². The number of aryl methyl sites for hydroxylation is 1. The SMILES string of the molecule is CCCCC[SiH]1CCC(CCc2ccc(-c3ccc(OCC(F)(F)F)c(F)c3)cc2)CC1. The number of benzene rings is 2. The van der Waals surface area contributed by atoms with Crippen molar-refractivity contribution in [2.24, 2.45) is 5.92 Å². The van der Waals surface area contributed by atoms with E-state index in [0.717, 1.165) is 17.9 Å². The van der Waals surface area contributed by atoms with Crippen LogP contribution in [0.3, 0.4) is 0 Å². The van der Waals surface area contributed by atoms with Crippen molar-refractivity contribution in [2.75, 3.05) is 6.61 Å². The summed E-state index contributed by atoms with van der Waals surface area (Å²) in [5.41, 5.74) is 2.75. The van der Waals surface area contributed by atoms with Crippen LogP contribution in [-0.2, 0) is 6.42 Å². The van der Waals surface area contributed by atoms with Crippen molar-refractivity contribution in [3.05, 3.63) is 53.8 Å². The third-order valence-corrected chi connectivity index (χ3v) is 10.2. The first kappa shape index (κ1) is 24.8. The molecule has 0 radical (unpaired) electrons. The topological polar surface area (TPSA) is 9.23 Å². The van der Waals surface area contributed by atoms with Crippen LogP contribution in [0.4, 0.5) is 17.6 Å². The lowest BCUT2D eigenvalue weighted by Gasteiger charge is -2.27. The average Bonchev–Trinajstić information content (AvgIpc) is 2.77. The maximum absolute atomic E-state index is 14.1. The normalized spacial score (nSPS) is 19.2. The lowest BCUT2D eigenvalue weighted by Crippen LogP contribution is -2.21. The highest BCUT2D eigenvalue weighted by molar-refractivity contribution is 6.58. The van der Waals surface area contributed by atoms with Crippen molar-refractivity contribution in [1.29, 1.82) is 0 Å². The smallest absolute Gasteiger partial charge is 0.422 e. The molecule has 0 saturated carbocycles. The first-order chi connectivity index (χ1) is 15.3. The second-order valence-corrected chi connectivity index (χ2v) is 12.6. The van der Waals surface area contributed by atoms with Gasteiger partial charge in [-0.15, -0.1) is 0 Å². The van der Waals surface area contributed by atoms with Crippen LogP contribution in [0, 0.1) is 11.7 Å². The first-order valence-corrected chi connectivity index (χ1v) is 14.4. The van der Waals surface area contributed by atoms with Crippen LogP contribution in [-0.4, -0.2) is 21.6 Å². The van der Waals surface area contributed by atoms with Crippen molar-refractivity contribution < 1.29 is 22.3 Å². The van der Waals surface area contributed by atoms with Crippen molar-refractivity contribution in [1.82, 2.24) is 0 Å². The van der Waals surface area contributed by atoms with Crippen LogP contribution in [0.15, 0.2) is 42.5 Å². The van der Waals surface area contributed by atoms with Gasteiger partial charge in [0.2, 0.25) is 0 Å². The molecule has 0 N–H and O–H groups in total. The van der Waals surface area contributed by atoms with Crippen LogP contribution < -0.4 is 4.74 Å². The second-order valence-electron chi connectivity index (χ2n) is 9.17. The summed E-state index contributed by atoms with van der Waals surface area (Å²) in [6.45, 7) is 0.775. The van der Waals surface area contributed by atoms with Gasteiger partial charge in [-0.3, -0.25) is 0 Å². The number of rotatable bonds is 10. The average molecular weight is 467 g/mol. The molecule has 0 amide bonds. The summed E-state index contributed by atoms with van der Waals surface area (Å²) >= 11 is 0. The predicted octanol–water partition coefficient (Wildman–Crippen LogP) is 8.19. The number of ether oxygens (including phenoxy) is 1. The Kier molecular flexibility index (Phi) is 9.20. The standard InChI is InChI=1S/C26H34F4OSi/c1-2-3-4-15-32-16-13-21(14-17-32)6-5-20-7-9-22(10-8-20)23-11-12-25(24(27)18-23)31-19-26(28,29)30/h7-12,18,21,32H,2-6,13-17,19H2,1H3. The Morgan fingerprint density at radius 1 is 0.969 bits per heavy atom. The van der Waals surface area contributed by atoms with E-state index >= 15 is 0 Å². The Labute approximate surface area is 190 Å².